The van der Waals surface area contributed by atoms with Crippen LogP contribution in [-0.4, -0.2) is 84.5 Å². The van der Waals surface area contributed by atoms with E-state index < -0.39 is 65.4 Å². The van der Waals surface area contributed by atoms with Crippen molar-refractivity contribution in [3.63, 3.8) is 0 Å². The Kier molecular flexibility index (Phi) is 15.5. The van der Waals surface area contributed by atoms with Gasteiger partial charge in [0, 0.05) is 24.6 Å². The summed E-state index contributed by atoms with van der Waals surface area (Å²) in [4.78, 5) is 65.2. The van der Waals surface area contributed by atoms with Gasteiger partial charge in [0.05, 0.1) is 30.0 Å². The third-order valence-corrected chi connectivity index (χ3v) is 7.15. The molecule has 1 saturated heterocycles. The zero-order valence-corrected chi connectivity index (χ0v) is 29.7. The highest BCUT2D eigenvalue weighted by molar-refractivity contribution is 5.92. The Bertz CT molecular complexity index is 1260. The van der Waals surface area contributed by atoms with Crippen molar-refractivity contribution < 1.29 is 42.9 Å². The van der Waals surface area contributed by atoms with Crippen LogP contribution in [0.4, 0.5) is 4.79 Å². The Morgan fingerprint density at radius 1 is 0.875 bits per heavy atom. The minimum Gasteiger partial charge on any atom is -0.463 e. The maximum absolute atomic E-state index is 13.9. The Hall–Kier alpha value is -3.97. The number of alkyl carbamates (subject to hydrolysis) is 1. The molecule has 0 saturated carbocycles. The van der Waals surface area contributed by atoms with Crippen molar-refractivity contribution in [2.24, 2.45) is 5.92 Å². The minimum atomic E-state index is -1.26. The lowest BCUT2D eigenvalue weighted by molar-refractivity contribution is -0.141. The molecule has 6 atom stereocenters. The second kappa shape index (κ2) is 18.5. The molecule has 1 aliphatic rings. The van der Waals surface area contributed by atoms with Gasteiger partial charge in [-0.1, -0.05) is 36.4 Å². The number of carbonyl (C=O) groups is 5. The van der Waals surface area contributed by atoms with E-state index in [1.807, 2.05) is 59.7 Å². The van der Waals surface area contributed by atoms with Crippen molar-refractivity contribution in [1.82, 2.24) is 21.3 Å². The number of hydrogen-bond acceptors (Lipinski definition) is 9. The van der Waals surface area contributed by atoms with Gasteiger partial charge in [0.25, 0.3) is 0 Å². The summed E-state index contributed by atoms with van der Waals surface area (Å²) in [6.45, 7) is 16.5. The minimum absolute atomic E-state index is 0.0171. The van der Waals surface area contributed by atoms with Crippen LogP contribution < -0.4 is 21.3 Å². The van der Waals surface area contributed by atoms with Crippen LogP contribution in [0.3, 0.4) is 0 Å². The van der Waals surface area contributed by atoms with Crippen LogP contribution in [0.1, 0.15) is 80.7 Å². The van der Waals surface area contributed by atoms with E-state index in [0.29, 0.717) is 13.0 Å². The second-order valence-corrected chi connectivity index (χ2v) is 13.8. The largest absolute Gasteiger partial charge is 0.463 e. The standard InChI is InChI=1S/C35H54N4O9/c1-10-45-27(40)17-16-26(20-25-18-19-36-30(25)41)37-31(42)28(22(2)47-34(4,5)6)38-32(43)29(23(3)48-35(7,8)9)39-33(44)46-21-24-14-12-11-13-15-24/h11-17,22-23,25-26,28-29H,10,18-21H2,1-9H3,(H,36,41)(H,37,42)(H,38,43)(H,39,44)/b17-16+/t22?,23?,25-,26+,28-,29-/m0/s1. The van der Waals surface area contributed by atoms with Crippen LogP contribution in [0.15, 0.2) is 42.5 Å². The molecule has 268 valence electrons. The molecule has 4 amide bonds. The molecule has 1 aromatic carbocycles. The van der Waals surface area contributed by atoms with E-state index in [0.717, 1.165) is 5.56 Å². The lowest BCUT2D eigenvalue weighted by Gasteiger charge is -2.34. The monoisotopic (exact) mass is 674 g/mol. The average molecular weight is 675 g/mol. The summed E-state index contributed by atoms with van der Waals surface area (Å²) in [5, 5.41) is 11.0. The van der Waals surface area contributed by atoms with Crippen molar-refractivity contribution in [3.05, 3.63) is 48.0 Å². The molecule has 1 heterocycles. The third-order valence-electron chi connectivity index (χ3n) is 7.15. The van der Waals surface area contributed by atoms with Crippen LogP contribution >= 0.6 is 0 Å². The lowest BCUT2D eigenvalue weighted by Crippen LogP contribution is -2.61. The quantitative estimate of drug-likeness (QED) is 0.152. The molecule has 4 N–H and O–H groups in total. The van der Waals surface area contributed by atoms with E-state index in [4.69, 9.17) is 18.9 Å². The van der Waals surface area contributed by atoms with E-state index in [9.17, 15) is 24.0 Å². The summed E-state index contributed by atoms with van der Waals surface area (Å²) in [6.07, 6.45) is 0.944. The molecule has 0 radical (unpaired) electrons. The van der Waals surface area contributed by atoms with Crippen molar-refractivity contribution in [2.75, 3.05) is 13.2 Å². The van der Waals surface area contributed by atoms with E-state index in [-0.39, 0.29) is 31.5 Å². The number of ether oxygens (including phenoxy) is 4. The highest BCUT2D eigenvalue weighted by atomic mass is 16.6. The van der Waals surface area contributed by atoms with E-state index in [1.165, 1.54) is 12.2 Å². The highest BCUT2D eigenvalue weighted by Gasteiger charge is 2.37. The summed E-state index contributed by atoms with van der Waals surface area (Å²) < 4.78 is 22.5. The molecule has 0 aliphatic carbocycles. The molecule has 2 rings (SSSR count). The van der Waals surface area contributed by atoms with Gasteiger partial charge in [-0.25, -0.2) is 9.59 Å². The Morgan fingerprint density at radius 3 is 1.96 bits per heavy atom. The summed E-state index contributed by atoms with van der Waals surface area (Å²) in [7, 11) is 0. The van der Waals surface area contributed by atoms with Crippen LogP contribution in [0, 0.1) is 5.92 Å². The zero-order valence-electron chi connectivity index (χ0n) is 29.7. The van der Waals surface area contributed by atoms with Crippen LogP contribution in [0.5, 0.6) is 0 Å². The molecule has 0 aromatic heterocycles. The van der Waals surface area contributed by atoms with Gasteiger partial charge in [-0.2, -0.15) is 0 Å². The average Bonchev–Trinajstić information content (AvgIpc) is 3.38. The Morgan fingerprint density at radius 2 is 1.44 bits per heavy atom. The van der Waals surface area contributed by atoms with E-state index in [1.54, 1.807) is 32.9 Å². The Balaban J connectivity index is 2.34. The third kappa shape index (κ3) is 14.8. The molecule has 2 unspecified atom stereocenters. The van der Waals surface area contributed by atoms with Gasteiger partial charge in [-0.15, -0.1) is 0 Å². The number of rotatable bonds is 16. The molecule has 1 fully saturated rings. The van der Waals surface area contributed by atoms with Gasteiger partial charge in [0.15, 0.2) is 0 Å². The molecule has 0 spiro atoms. The predicted octanol–water partition coefficient (Wildman–Crippen LogP) is 3.30. The molecular weight excluding hydrogens is 620 g/mol. The van der Waals surface area contributed by atoms with Gasteiger partial charge in [-0.05, 0) is 80.7 Å². The normalized spacial score (nSPS) is 18.2. The van der Waals surface area contributed by atoms with Gasteiger partial charge in [0.2, 0.25) is 17.7 Å². The summed E-state index contributed by atoms with van der Waals surface area (Å²) in [5.41, 5.74) is -0.591. The smallest absolute Gasteiger partial charge is 0.408 e. The first-order chi connectivity index (χ1) is 22.4. The van der Waals surface area contributed by atoms with E-state index >= 15 is 0 Å². The number of hydrogen-bond donors (Lipinski definition) is 4. The van der Waals surface area contributed by atoms with Crippen LogP contribution in [0.25, 0.3) is 0 Å². The zero-order chi connectivity index (χ0) is 36.1. The van der Waals surface area contributed by atoms with Gasteiger partial charge < -0.3 is 40.2 Å². The lowest BCUT2D eigenvalue weighted by atomic mass is 9.97. The Labute approximate surface area is 284 Å². The van der Waals surface area contributed by atoms with Gasteiger partial charge in [-0.3, -0.25) is 14.4 Å². The first-order valence-electron chi connectivity index (χ1n) is 16.4. The van der Waals surface area contributed by atoms with Crippen LogP contribution in [-0.2, 0) is 44.7 Å². The molecular formula is C35H54N4O9. The SMILES string of the molecule is CCOC(=O)/C=C/[C@H](C[C@@H]1CCNC1=O)NC(=O)[C@@H](NC(=O)[C@@H](NC(=O)OCc1ccccc1)C(C)OC(C)(C)C)C(C)OC(C)(C)C. The maximum Gasteiger partial charge on any atom is 0.408 e. The van der Waals surface area contributed by atoms with Crippen molar-refractivity contribution >= 4 is 29.8 Å². The molecule has 13 heteroatoms. The van der Waals surface area contributed by atoms with Gasteiger partial charge in [0.1, 0.15) is 18.7 Å². The van der Waals surface area contributed by atoms with Crippen molar-refractivity contribution in [1.29, 1.82) is 0 Å². The summed E-state index contributed by atoms with van der Waals surface area (Å²) in [5.74, 6) is -2.45. The van der Waals surface area contributed by atoms with Gasteiger partial charge >= 0.3 is 12.1 Å². The molecule has 1 aromatic rings. The predicted molar refractivity (Wildman–Crippen MR) is 180 cm³/mol. The molecule has 48 heavy (non-hydrogen) atoms. The molecule has 13 nitrogen and oxygen atoms in total. The number of benzene rings is 1. The molecule has 0 bridgehead atoms. The summed E-state index contributed by atoms with van der Waals surface area (Å²) in [6, 6.07) is 5.83. The fourth-order valence-electron chi connectivity index (χ4n) is 5.20. The molecule has 1 aliphatic heterocycles. The number of carbonyl (C=O) groups excluding carboxylic acids is 5. The first-order valence-corrected chi connectivity index (χ1v) is 16.4. The first kappa shape index (κ1) is 40.2. The maximum atomic E-state index is 13.9. The van der Waals surface area contributed by atoms with E-state index in [2.05, 4.69) is 21.3 Å². The second-order valence-electron chi connectivity index (χ2n) is 13.8. The fraction of sp³-hybridized carbons (Fsp3) is 0.629. The summed E-state index contributed by atoms with van der Waals surface area (Å²) >= 11 is 0. The fourth-order valence-corrected chi connectivity index (χ4v) is 5.20. The number of amides is 4. The number of esters is 1. The van der Waals surface area contributed by atoms with Crippen molar-refractivity contribution in [3.8, 4) is 0 Å². The van der Waals surface area contributed by atoms with Crippen LogP contribution in [0.2, 0.25) is 0 Å². The number of nitrogens with one attached hydrogen (secondary N) is 4. The highest BCUT2D eigenvalue weighted by Crippen LogP contribution is 2.19. The van der Waals surface area contributed by atoms with Crippen molar-refractivity contribution in [2.45, 2.75) is 123 Å². The topological polar surface area (TPSA) is 170 Å².